The van der Waals surface area contributed by atoms with Crippen LogP contribution >= 0.6 is 11.8 Å². The highest BCUT2D eigenvalue weighted by Crippen LogP contribution is 2.35. The molecule has 0 atom stereocenters. The van der Waals surface area contributed by atoms with Gasteiger partial charge in [0.2, 0.25) is 5.91 Å². The van der Waals surface area contributed by atoms with E-state index in [2.05, 4.69) is 4.90 Å². The fourth-order valence-corrected chi connectivity index (χ4v) is 5.25. The molecule has 0 radical (unpaired) electrons. The van der Waals surface area contributed by atoms with Gasteiger partial charge in [-0.2, -0.15) is 0 Å². The van der Waals surface area contributed by atoms with Crippen molar-refractivity contribution in [3.63, 3.8) is 0 Å². The third kappa shape index (κ3) is 5.18. The number of rotatable bonds is 6. The number of anilines is 1. The van der Waals surface area contributed by atoms with Gasteiger partial charge < -0.3 is 14.2 Å². The van der Waals surface area contributed by atoms with Gasteiger partial charge in [0.1, 0.15) is 18.1 Å². The van der Waals surface area contributed by atoms with Gasteiger partial charge in [-0.15, -0.1) is 0 Å². The number of thioether (sulfide) groups is 1. The number of benzene rings is 2. The van der Waals surface area contributed by atoms with E-state index < -0.39 is 16.1 Å². The van der Waals surface area contributed by atoms with Gasteiger partial charge in [0.25, 0.3) is 16.8 Å². The Morgan fingerprint density at radius 1 is 1.05 bits per heavy atom. The largest absolute Gasteiger partial charge is 0.456 e. The van der Waals surface area contributed by atoms with Crippen LogP contribution in [0.4, 0.5) is 16.2 Å². The summed E-state index contributed by atoms with van der Waals surface area (Å²) >= 11 is 0.729. The van der Waals surface area contributed by atoms with E-state index in [1.54, 1.807) is 36.1 Å². The first kappa shape index (κ1) is 25.3. The second-order valence-corrected chi connectivity index (χ2v) is 9.94. The number of nitro groups is 1. The van der Waals surface area contributed by atoms with Crippen molar-refractivity contribution < 1.29 is 23.7 Å². The molecular formula is C27H24N4O6S. The zero-order valence-corrected chi connectivity index (χ0v) is 21.3. The maximum Gasteiger partial charge on any atom is 0.294 e. The minimum Gasteiger partial charge on any atom is -0.456 e. The molecule has 2 aromatic carbocycles. The maximum atomic E-state index is 12.9. The molecule has 0 spiro atoms. The van der Waals surface area contributed by atoms with Gasteiger partial charge in [0.15, 0.2) is 0 Å². The lowest BCUT2D eigenvalue weighted by Crippen LogP contribution is -2.51. The number of imide groups is 1. The van der Waals surface area contributed by atoms with E-state index in [0.29, 0.717) is 31.7 Å². The number of hydrogen-bond donors (Lipinski definition) is 0. The third-order valence-electron chi connectivity index (χ3n) is 6.44. The van der Waals surface area contributed by atoms with Crippen LogP contribution in [-0.2, 0) is 9.59 Å². The summed E-state index contributed by atoms with van der Waals surface area (Å²) in [4.78, 5) is 54.3. The van der Waals surface area contributed by atoms with Crippen molar-refractivity contribution in [3.8, 4) is 11.3 Å². The van der Waals surface area contributed by atoms with Crippen molar-refractivity contribution in [2.24, 2.45) is 0 Å². The van der Waals surface area contributed by atoms with Gasteiger partial charge >= 0.3 is 0 Å². The topological polar surface area (TPSA) is 117 Å². The molecule has 2 fully saturated rings. The maximum absolute atomic E-state index is 12.9. The van der Waals surface area contributed by atoms with E-state index in [1.807, 2.05) is 30.3 Å². The number of carbonyl (C=O) groups is 3. The van der Waals surface area contributed by atoms with Crippen LogP contribution in [0.1, 0.15) is 11.3 Å². The number of carbonyl (C=O) groups excluding carboxylic acids is 3. The van der Waals surface area contributed by atoms with Gasteiger partial charge in [0, 0.05) is 44.0 Å². The molecule has 0 aliphatic carbocycles. The molecule has 0 saturated carbocycles. The van der Waals surface area contributed by atoms with Crippen molar-refractivity contribution in [1.29, 1.82) is 0 Å². The van der Waals surface area contributed by atoms with Crippen LogP contribution < -0.4 is 4.90 Å². The average molecular weight is 533 g/mol. The second kappa shape index (κ2) is 10.5. The molecule has 0 unspecified atom stereocenters. The molecule has 1 aromatic heterocycles. The van der Waals surface area contributed by atoms with E-state index in [-0.39, 0.29) is 34.6 Å². The molecule has 2 saturated heterocycles. The van der Waals surface area contributed by atoms with E-state index in [9.17, 15) is 24.5 Å². The molecule has 3 heterocycles. The van der Waals surface area contributed by atoms with Gasteiger partial charge in [0.05, 0.1) is 15.4 Å². The van der Waals surface area contributed by atoms with E-state index in [0.717, 1.165) is 27.9 Å². The van der Waals surface area contributed by atoms with Crippen LogP contribution in [0, 0.1) is 17.0 Å². The zero-order valence-electron chi connectivity index (χ0n) is 20.5. The lowest BCUT2D eigenvalue weighted by Gasteiger charge is -2.36. The number of hydrogen-bond acceptors (Lipinski definition) is 8. The molecule has 2 aliphatic rings. The van der Waals surface area contributed by atoms with Gasteiger partial charge in [-0.3, -0.25) is 29.4 Å². The molecule has 38 heavy (non-hydrogen) atoms. The summed E-state index contributed by atoms with van der Waals surface area (Å²) in [5, 5.41) is 10.9. The summed E-state index contributed by atoms with van der Waals surface area (Å²) in [6, 6.07) is 17.9. The number of para-hydroxylation sites is 1. The summed E-state index contributed by atoms with van der Waals surface area (Å²) in [7, 11) is 0. The normalized spacial score (nSPS) is 17.0. The van der Waals surface area contributed by atoms with Crippen LogP contribution in [0.25, 0.3) is 17.4 Å². The number of nitrogens with zero attached hydrogens (tertiary/aromatic N) is 4. The standard InChI is InChI=1S/C27H24N4O6S/c1-18-7-9-21(22(15-18)31(35)36)23-10-8-20(37-23)16-24-26(33)30(27(34)38-24)17-25(32)29-13-11-28(12-14-29)19-5-3-2-4-6-19/h2-10,15-16H,11-14,17H2,1H3/b24-16+. The Bertz CT molecular complexity index is 1440. The summed E-state index contributed by atoms with van der Waals surface area (Å²) in [6.45, 7) is 3.76. The Labute approximate surface area is 222 Å². The van der Waals surface area contributed by atoms with Gasteiger partial charge in [-0.05, 0) is 54.6 Å². The monoisotopic (exact) mass is 532 g/mol. The molecule has 2 aliphatic heterocycles. The highest BCUT2D eigenvalue weighted by molar-refractivity contribution is 8.18. The molecule has 0 N–H and O–H groups in total. The van der Waals surface area contributed by atoms with Crippen LogP contribution in [0.2, 0.25) is 0 Å². The van der Waals surface area contributed by atoms with Crippen molar-refractivity contribution in [1.82, 2.24) is 9.80 Å². The molecular weight excluding hydrogens is 508 g/mol. The molecule has 194 valence electrons. The lowest BCUT2D eigenvalue weighted by atomic mass is 10.1. The second-order valence-electron chi connectivity index (χ2n) is 8.95. The Kier molecular flexibility index (Phi) is 7.01. The fraction of sp³-hybridized carbons (Fsp3) is 0.222. The Morgan fingerprint density at radius 3 is 2.50 bits per heavy atom. The van der Waals surface area contributed by atoms with E-state index >= 15 is 0 Å². The molecule has 3 amide bonds. The van der Waals surface area contributed by atoms with Gasteiger partial charge in [-0.25, -0.2) is 0 Å². The number of aryl methyl sites for hydroxylation is 1. The first-order valence-corrected chi connectivity index (χ1v) is 12.8. The summed E-state index contributed by atoms with van der Waals surface area (Å²) in [6.07, 6.45) is 1.41. The molecule has 3 aromatic rings. The van der Waals surface area contributed by atoms with Gasteiger partial charge in [-0.1, -0.05) is 24.3 Å². The molecule has 0 bridgehead atoms. The average Bonchev–Trinajstić information content (AvgIpc) is 3.49. The van der Waals surface area contributed by atoms with Crippen molar-refractivity contribution in [3.05, 3.63) is 87.0 Å². The first-order chi connectivity index (χ1) is 18.3. The third-order valence-corrected chi connectivity index (χ3v) is 7.34. The Morgan fingerprint density at radius 2 is 1.79 bits per heavy atom. The van der Waals surface area contributed by atoms with Crippen molar-refractivity contribution in [2.75, 3.05) is 37.6 Å². The SMILES string of the molecule is Cc1ccc(-c2ccc(/C=C3/SC(=O)N(CC(=O)N4CCN(c5ccccc5)CC4)C3=O)o2)c([N+](=O)[O-])c1. The first-order valence-electron chi connectivity index (χ1n) is 12.0. The fourth-order valence-electron chi connectivity index (χ4n) is 4.43. The predicted molar refractivity (Wildman–Crippen MR) is 143 cm³/mol. The number of amides is 3. The lowest BCUT2D eigenvalue weighted by molar-refractivity contribution is -0.384. The number of nitro benzene ring substituents is 1. The van der Waals surface area contributed by atoms with Crippen LogP contribution in [0.3, 0.4) is 0 Å². The summed E-state index contributed by atoms with van der Waals surface area (Å²) in [5.74, 6) is -0.320. The van der Waals surface area contributed by atoms with E-state index in [4.69, 9.17) is 4.42 Å². The number of furan rings is 1. The van der Waals surface area contributed by atoms with Crippen LogP contribution in [0.15, 0.2) is 70.0 Å². The zero-order chi connectivity index (χ0) is 26.8. The molecule has 11 heteroatoms. The Balaban J connectivity index is 1.24. The van der Waals surface area contributed by atoms with Crippen molar-refractivity contribution >= 4 is 46.3 Å². The van der Waals surface area contributed by atoms with Crippen LogP contribution in [-0.4, -0.2) is 64.5 Å². The minimum atomic E-state index is -0.574. The summed E-state index contributed by atoms with van der Waals surface area (Å²) in [5.41, 5.74) is 2.06. The number of piperazine rings is 1. The molecule has 5 rings (SSSR count). The van der Waals surface area contributed by atoms with Crippen molar-refractivity contribution in [2.45, 2.75) is 6.92 Å². The highest BCUT2D eigenvalue weighted by atomic mass is 32.2. The van der Waals surface area contributed by atoms with E-state index in [1.165, 1.54) is 12.1 Å². The summed E-state index contributed by atoms with van der Waals surface area (Å²) < 4.78 is 5.75. The smallest absolute Gasteiger partial charge is 0.294 e. The highest BCUT2D eigenvalue weighted by Gasteiger charge is 2.37. The minimum absolute atomic E-state index is 0.0886. The quantitative estimate of drug-likeness (QED) is 0.258. The predicted octanol–water partition coefficient (Wildman–Crippen LogP) is 4.55. The van der Waals surface area contributed by atoms with Crippen LogP contribution in [0.5, 0.6) is 0 Å². The molecule has 10 nitrogen and oxygen atoms in total. The Hall–Kier alpha value is -4.38.